The third-order valence-electron chi connectivity index (χ3n) is 5.39. The lowest BCUT2D eigenvalue weighted by molar-refractivity contribution is -0.122. The van der Waals surface area contributed by atoms with Crippen molar-refractivity contribution in [3.63, 3.8) is 0 Å². The van der Waals surface area contributed by atoms with Gasteiger partial charge < -0.3 is 10.2 Å². The summed E-state index contributed by atoms with van der Waals surface area (Å²) < 4.78 is 0. The van der Waals surface area contributed by atoms with Gasteiger partial charge >= 0.3 is 0 Å². The van der Waals surface area contributed by atoms with Crippen molar-refractivity contribution in [3.8, 4) is 6.07 Å². The van der Waals surface area contributed by atoms with E-state index in [-0.39, 0.29) is 5.91 Å². The molecule has 1 unspecified atom stereocenters. The van der Waals surface area contributed by atoms with Crippen LogP contribution in [-0.2, 0) is 11.3 Å². The van der Waals surface area contributed by atoms with Gasteiger partial charge in [0.15, 0.2) is 5.17 Å². The molecule has 2 aliphatic rings. The molecule has 2 heterocycles. The number of carbonyl (C=O) groups is 1. The third-order valence-corrected chi connectivity index (χ3v) is 8.00. The first-order chi connectivity index (χ1) is 15.5. The number of amides is 1. The molecule has 2 aromatic carbocycles. The highest BCUT2D eigenvalue weighted by Gasteiger charge is 2.39. The Hall–Kier alpha value is -2.89. The summed E-state index contributed by atoms with van der Waals surface area (Å²) in [7, 11) is 2.04. The van der Waals surface area contributed by atoms with Gasteiger partial charge in [-0.3, -0.25) is 9.69 Å². The Balaban J connectivity index is 1.79. The molecule has 0 spiro atoms. The molecule has 1 N–H and O–H groups in total. The summed E-state index contributed by atoms with van der Waals surface area (Å²) in [5.74, 6) is 0.936. The van der Waals surface area contributed by atoms with Crippen LogP contribution in [-0.4, -0.2) is 46.3 Å². The highest BCUT2D eigenvalue weighted by Crippen LogP contribution is 2.43. The largest absolute Gasteiger partial charge is 0.384 e. The number of nitriles is 1. The molecule has 2 fully saturated rings. The lowest BCUT2D eigenvalue weighted by Crippen LogP contribution is -2.29. The Morgan fingerprint density at radius 2 is 2.03 bits per heavy atom. The average Bonchev–Trinajstić information content (AvgIpc) is 3.29. The summed E-state index contributed by atoms with van der Waals surface area (Å²) in [5.41, 5.74) is 3.08. The average molecular weight is 464 g/mol. The molecule has 0 aliphatic carbocycles. The number of carbonyl (C=O) groups excluding carboxylic acids is 1. The topological polar surface area (TPSA) is 71.7 Å². The van der Waals surface area contributed by atoms with Crippen molar-refractivity contribution in [2.75, 3.05) is 24.7 Å². The minimum atomic E-state index is -0.0255. The second kappa shape index (κ2) is 9.72. The van der Waals surface area contributed by atoms with Crippen LogP contribution in [0, 0.1) is 11.3 Å². The molecule has 2 aliphatic heterocycles. The number of benzene rings is 2. The predicted molar refractivity (Wildman–Crippen MR) is 134 cm³/mol. The van der Waals surface area contributed by atoms with E-state index in [1.165, 1.54) is 11.8 Å². The van der Waals surface area contributed by atoms with E-state index in [4.69, 9.17) is 4.99 Å². The number of hydrogen-bond donors (Lipinski definition) is 1. The molecule has 0 radical (unpaired) electrons. The molecular weight excluding hydrogens is 438 g/mol. The molecule has 1 amide bonds. The Bertz CT molecular complexity index is 1120. The first-order valence-electron chi connectivity index (χ1n) is 10.5. The van der Waals surface area contributed by atoms with Gasteiger partial charge in [-0.05, 0) is 49.4 Å². The minimum Gasteiger partial charge on any atom is -0.384 e. The monoisotopic (exact) mass is 463 g/mol. The maximum absolute atomic E-state index is 13.5. The molecule has 2 saturated heterocycles. The third kappa shape index (κ3) is 4.50. The molecule has 6 nitrogen and oxygen atoms in total. The molecule has 2 aromatic rings. The van der Waals surface area contributed by atoms with Gasteiger partial charge in [0.25, 0.3) is 5.91 Å². The summed E-state index contributed by atoms with van der Waals surface area (Å²) in [6.07, 6.45) is 0. The van der Waals surface area contributed by atoms with Gasteiger partial charge in [-0.2, -0.15) is 5.26 Å². The molecule has 164 valence electrons. The lowest BCUT2D eigenvalue weighted by Gasteiger charge is -2.19. The minimum absolute atomic E-state index is 0.0255. The fraction of sp³-hybridized carbons (Fsp3) is 0.292. The predicted octanol–water partition coefficient (Wildman–Crippen LogP) is 4.99. The van der Waals surface area contributed by atoms with Crippen molar-refractivity contribution in [2.24, 2.45) is 4.99 Å². The van der Waals surface area contributed by atoms with Crippen molar-refractivity contribution >= 4 is 46.0 Å². The van der Waals surface area contributed by atoms with Crippen molar-refractivity contribution in [2.45, 2.75) is 26.4 Å². The number of amidine groups is 1. The van der Waals surface area contributed by atoms with Crippen molar-refractivity contribution in [1.29, 1.82) is 5.26 Å². The van der Waals surface area contributed by atoms with Crippen LogP contribution in [0.5, 0.6) is 0 Å². The number of thioether (sulfide) groups is 2. The van der Waals surface area contributed by atoms with E-state index in [1.807, 2.05) is 50.4 Å². The van der Waals surface area contributed by atoms with E-state index < -0.39 is 0 Å². The normalized spacial score (nSPS) is 22.0. The van der Waals surface area contributed by atoms with Gasteiger partial charge in [-0.15, -0.1) is 11.8 Å². The van der Waals surface area contributed by atoms with E-state index >= 15 is 0 Å². The molecule has 0 bridgehead atoms. The first kappa shape index (κ1) is 22.3. The Kier molecular flexibility index (Phi) is 6.77. The van der Waals surface area contributed by atoms with Gasteiger partial charge in [0.2, 0.25) is 0 Å². The molecule has 32 heavy (non-hydrogen) atoms. The number of aliphatic imine (C=N–C) groups is 1. The van der Waals surface area contributed by atoms with E-state index in [9.17, 15) is 10.1 Å². The second-order valence-corrected chi connectivity index (χ2v) is 9.64. The highest BCUT2D eigenvalue weighted by molar-refractivity contribution is 8.19. The summed E-state index contributed by atoms with van der Waals surface area (Å²) in [6, 6.07) is 17.9. The first-order valence-corrected chi connectivity index (χ1v) is 12.3. The van der Waals surface area contributed by atoms with Crippen LogP contribution >= 0.6 is 23.5 Å². The van der Waals surface area contributed by atoms with Crippen LogP contribution in [0.15, 0.2) is 63.5 Å². The molecule has 0 aromatic heterocycles. The Morgan fingerprint density at radius 3 is 2.69 bits per heavy atom. The van der Waals surface area contributed by atoms with Gasteiger partial charge in [-0.1, -0.05) is 30.3 Å². The number of anilines is 1. The van der Waals surface area contributed by atoms with Gasteiger partial charge in [0.1, 0.15) is 4.91 Å². The van der Waals surface area contributed by atoms with Crippen LogP contribution in [0.3, 0.4) is 0 Å². The zero-order valence-corrected chi connectivity index (χ0v) is 20.0. The van der Waals surface area contributed by atoms with Gasteiger partial charge in [0.05, 0.1) is 34.6 Å². The molecule has 0 saturated carbocycles. The van der Waals surface area contributed by atoms with Crippen LogP contribution < -0.4 is 5.32 Å². The van der Waals surface area contributed by atoms with Crippen molar-refractivity contribution < 1.29 is 4.79 Å². The Morgan fingerprint density at radius 1 is 1.25 bits per heavy atom. The van der Waals surface area contributed by atoms with E-state index in [2.05, 4.69) is 23.2 Å². The van der Waals surface area contributed by atoms with E-state index in [1.54, 1.807) is 28.8 Å². The fourth-order valence-corrected chi connectivity index (χ4v) is 6.04. The smallest absolute Gasteiger partial charge is 0.269 e. The second-order valence-electron chi connectivity index (χ2n) is 7.65. The standard InChI is InChI=1S/C24H25N5OS2/c1-4-26-19-11-10-18(13-25)12-20(19)27-24-29(14-17-8-6-5-7-9-17)22(30)21(32-24)23-28(3)16(2)15-31-23/h5-12,16,26H,4,14-15H2,1-3H3. The van der Waals surface area contributed by atoms with E-state index in [0.29, 0.717) is 29.0 Å². The summed E-state index contributed by atoms with van der Waals surface area (Å²) >= 11 is 3.14. The zero-order valence-electron chi connectivity index (χ0n) is 18.3. The molecule has 1 atom stereocenters. The number of nitrogens with one attached hydrogen (secondary N) is 1. The summed E-state index contributed by atoms with van der Waals surface area (Å²) in [4.78, 5) is 23.1. The fourth-order valence-electron chi connectivity index (χ4n) is 3.50. The maximum Gasteiger partial charge on any atom is 0.269 e. The van der Waals surface area contributed by atoms with Crippen LogP contribution in [0.2, 0.25) is 0 Å². The number of hydrogen-bond acceptors (Lipinski definition) is 7. The van der Waals surface area contributed by atoms with Gasteiger partial charge in [-0.25, -0.2) is 4.99 Å². The highest BCUT2D eigenvalue weighted by atomic mass is 32.2. The van der Waals surface area contributed by atoms with Crippen molar-refractivity contribution in [3.05, 3.63) is 69.6 Å². The zero-order chi connectivity index (χ0) is 22.7. The van der Waals surface area contributed by atoms with Crippen LogP contribution in [0.4, 0.5) is 11.4 Å². The van der Waals surface area contributed by atoms with E-state index in [0.717, 1.165) is 33.5 Å². The van der Waals surface area contributed by atoms with Crippen molar-refractivity contribution in [1.82, 2.24) is 9.80 Å². The summed E-state index contributed by atoms with van der Waals surface area (Å²) in [6.45, 7) is 5.36. The maximum atomic E-state index is 13.5. The van der Waals surface area contributed by atoms with Gasteiger partial charge in [0, 0.05) is 25.4 Å². The molecular formula is C24H25N5OS2. The number of rotatable bonds is 5. The molecule has 8 heteroatoms. The number of nitrogens with zero attached hydrogens (tertiary/aromatic N) is 4. The SMILES string of the molecule is CCNc1ccc(C#N)cc1N=C1SC(=C2SCC(C)N2C)C(=O)N1Cc1ccccc1. The Labute approximate surface area is 197 Å². The lowest BCUT2D eigenvalue weighted by atomic mass is 10.2. The van der Waals surface area contributed by atoms with Crippen LogP contribution in [0.25, 0.3) is 0 Å². The molecule has 4 rings (SSSR count). The summed E-state index contributed by atoms with van der Waals surface area (Å²) in [5, 5.41) is 14.3. The quantitative estimate of drug-likeness (QED) is 0.630. The van der Waals surface area contributed by atoms with Crippen LogP contribution in [0.1, 0.15) is 25.0 Å².